The summed E-state index contributed by atoms with van der Waals surface area (Å²) in [7, 11) is 0. The largest absolute Gasteiger partial charge is 0.361 e. The van der Waals surface area contributed by atoms with Gasteiger partial charge in [0.25, 0.3) is 5.91 Å². The van der Waals surface area contributed by atoms with Crippen LogP contribution in [0.2, 0.25) is 0 Å². The Hall–Kier alpha value is -2.34. The van der Waals surface area contributed by atoms with Crippen LogP contribution in [0.5, 0.6) is 0 Å². The monoisotopic (exact) mass is 327 g/mol. The minimum Gasteiger partial charge on any atom is -0.361 e. The lowest BCUT2D eigenvalue weighted by molar-refractivity contribution is -0.912. The maximum atomic E-state index is 12.7. The summed E-state index contributed by atoms with van der Waals surface area (Å²) >= 11 is 0. The molecule has 1 aromatic carbocycles. The summed E-state index contributed by atoms with van der Waals surface area (Å²) in [4.78, 5) is 30.9. The Kier molecular flexibility index (Phi) is 3.98. The molecule has 3 N–H and O–H groups in total. The molecule has 3 amide bonds. The number of rotatable bonds is 4. The molecule has 2 saturated heterocycles. The van der Waals surface area contributed by atoms with E-state index in [0.717, 1.165) is 29.6 Å². The number of para-hydroxylation sites is 1. The summed E-state index contributed by atoms with van der Waals surface area (Å²) in [6.45, 7) is 2.59. The first kappa shape index (κ1) is 15.2. The molecule has 0 spiro atoms. The minimum atomic E-state index is -0.458. The lowest BCUT2D eigenvalue weighted by Gasteiger charge is -2.26. The average Bonchev–Trinajstić information content (AvgIpc) is 3.13. The molecule has 1 aromatic heterocycles. The molecule has 4 rings (SSSR count). The third kappa shape index (κ3) is 2.78. The molecule has 0 unspecified atom stereocenters. The molecule has 24 heavy (non-hydrogen) atoms. The van der Waals surface area contributed by atoms with Crippen molar-refractivity contribution in [3.63, 3.8) is 0 Å². The van der Waals surface area contributed by atoms with Crippen LogP contribution in [0.15, 0.2) is 30.5 Å². The van der Waals surface area contributed by atoms with Crippen LogP contribution in [0.1, 0.15) is 24.8 Å². The van der Waals surface area contributed by atoms with E-state index < -0.39 is 6.04 Å². The summed E-state index contributed by atoms with van der Waals surface area (Å²) in [5, 5.41) is 3.97. The molecule has 0 saturated carbocycles. The number of H-pyrrole nitrogens is 1. The van der Waals surface area contributed by atoms with Gasteiger partial charge < -0.3 is 15.2 Å². The van der Waals surface area contributed by atoms with Gasteiger partial charge in [-0.3, -0.25) is 4.79 Å². The van der Waals surface area contributed by atoms with E-state index in [4.69, 9.17) is 0 Å². The molecule has 6 heteroatoms. The topological polar surface area (TPSA) is 69.6 Å². The fraction of sp³-hybridized carbons (Fsp3) is 0.444. The maximum Gasteiger partial charge on any atom is 0.329 e. The first-order chi connectivity index (χ1) is 11.7. The van der Waals surface area contributed by atoms with E-state index in [-0.39, 0.29) is 11.9 Å². The zero-order valence-corrected chi connectivity index (χ0v) is 13.7. The van der Waals surface area contributed by atoms with Crippen LogP contribution >= 0.6 is 0 Å². The van der Waals surface area contributed by atoms with Gasteiger partial charge in [0.15, 0.2) is 6.67 Å². The van der Waals surface area contributed by atoms with Crippen molar-refractivity contribution in [1.29, 1.82) is 0 Å². The van der Waals surface area contributed by atoms with Crippen LogP contribution < -0.4 is 10.2 Å². The van der Waals surface area contributed by atoms with E-state index >= 15 is 0 Å². The first-order valence-corrected chi connectivity index (χ1v) is 8.73. The standard InChI is InChI=1S/C18H22N4O2/c23-17-16(10-13-11-19-15-7-3-2-6-14(13)15)20-18(24)22(17)12-21-8-4-1-5-9-21/h2-3,6-7,11,16,19H,1,4-5,8-10,12H2,(H,20,24)/p+1/t16-/m1/s1. The molecule has 0 bridgehead atoms. The Bertz CT molecular complexity index is 763. The molecule has 2 aliphatic heterocycles. The van der Waals surface area contributed by atoms with Crippen molar-refractivity contribution in [2.45, 2.75) is 31.7 Å². The number of aromatic amines is 1. The number of amides is 3. The molecule has 0 radical (unpaired) electrons. The molecule has 3 heterocycles. The highest BCUT2D eigenvalue weighted by molar-refractivity contribution is 6.04. The first-order valence-electron chi connectivity index (χ1n) is 8.73. The van der Waals surface area contributed by atoms with Crippen molar-refractivity contribution in [1.82, 2.24) is 15.2 Å². The Labute approximate surface area is 140 Å². The number of carbonyl (C=O) groups excluding carboxylic acids is 2. The highest BCUT2D eigenvalue weighted by Gasteiger charge is 2.40. The molecule has 6 nitrogen and oxygen atoms in total. The van der Waals surface area contributed by atoms with Crippen LogP contribution in [0, 0.1) is 0 Å². The third-order valence-electron chi connectivity index (χ3n) is 5.15. The molecule has 1 atom stereocenters. The third-order valence-corrected chi connectivity index (χ3v) is 5.15. The van der Waals surface area contributed by atoms with E-state index in [1.54, 1.807) is 0 Å². The van der Waals surface area contributed by atoms with Gasteiger partial charge in [-0.15, -0.1) is 0 Å². The van der Waals surface area contributed by atoms with Gasteiger partial charge in [-0.25, -0.2) is 9.69 Å². The Morgan fingerprint density at radius 1 is 1.12 bits per heavy atom. The molecule has 2 aromatic rings. The summed E-state index contributed by atoms with van der Waals surface area (Å²) in [5.41, 5.74) is 2.12. The minimum absolute atomic E-state index is 0.0941. The number of aromatic nitrogens is 1. The summed E-state index contributed by atoms with van der Waals surface area (Å²) in [5.74, 6) is -0.0941. The number of benzene rings is 1. The smallest absolute Gasteiger partial charge is 0.329 e. The SMILES string of the molecule is O=C1N[C@H](Cc2c[nH]c3ccccc23)C(=O)N1C[NH+]1CCCCC1. The van der Waals surface area contributed by atoms with E-state index in [1.807, 2.05) is 30.5 Å². The van der Waals surface area contributed by atoms with E-state index in [0.29, 0.717) is 13.1 Å². The van der Waals surface area contributed by atoms with Gasteiger partial charge in [0.1, 0.15) is 6.04 Å². The molecule has 2 fully saturated rings. The van der Waals surface area contributed by atoms with Gasteiger partial charge in [0, 0.05) is 23.5 Å². The van der Waals surface area contributed by atoms with Crippen molar-refractivity contribution >= 4 is 22.8 Å². The number of hydrogen-bond acceptors (Lipinski definition) is 2. The number of hydrogen-bond donors (Lipinski definition) is 3. The lowest BCUT2D eigenvalue weighted by atomic mass is 10.1. The molecule has 0 aliphatic carbocycles. The molecular formula is C18H23N4O2+. The normalized spacial score (nSPS) is 22.3. The van der Waals surface area contributed by atoms with Gasteiger partial charge >= 0.3 is 6.03 Å². The Morgan fingerprint density at radius 2 is 1.92 bits per heavy atom. The number of likely N-dealkylation sites (tertiary alicyclic amines) is 1. The number of fused-ring (bicyclic) bond motifs is 1. The van der Waals surface area contributed by atoms with Crippen molar-refractivity contribution in [2.75, 3.05) is 19.8 Å². The second kappa shape index (κ2) is 6.28. The van der Waals surface area contributed by atoms with Crippen LogP contribution in [-0.4, -0.2) is 47.6 Å². The maximum absolute atomic E-state index is 12.7. The average molecular weight is 327 g/mol. The van der Waals surface area contributed by atoms with Gasteiger partial charge in [0.05, 0.1) is 13.1 Å². The molecular weight excluding hydrogens is 304 g/mol. The predicted molar refractivity (Wildman–Crippen MR) is 90.6 cm³/mol. The summed E-state index contributed by atoms with van der Waals surface area (Å²) in [6, 6.07) is 7.32. The van der Waals surface area contributed by atoms with Crippen molar-refractivity contribution in [2.24, 2.45) is 0 Å². The number of quaternary nitrogens is 1. The number of piperidine rings is 1. The number of carbonyl (C=O) groups is 2. The number of nitrogens with zero attached hydrogens (tertiary/aromatic N) is 1. The number of imide groups is 1. The second-order valence-electron chi connectivity index (χ2n) is 6.80. The predicted octanol–water partition coefficient (Wildman–Crippen LogP) is 0.657. The highest BCUT2D eigenvalue weighted by Crippen LogP contribution is 2.20. The Morgan fingerprint density at radius 3 is 2.75 bits per heavy atom. The van der Waals surface area contributed by atoms with E-state index in [2.05, 4.69) is 10.3 Å². The van der Waals surface area contributed by atoms with Crippen LogP contribution in [0.3, 0.4) is 0 Å². The fourth-order valence-corrected chi connectivity index (χ4v) is 3.82. The lowest BCUT2D eigenvalue weighted by Crippen LogP contribution is -3.14. The molecule has 2 aliphatic rings. The van der Waals surface area contributed by atoms with Crippen LogP contribution in [-0.2, 0) is 11.2 Å². The van der Waals surface area contributed by atoms with Gasteiger partial charge in [-0.05, 0) is 30.9 Å². The quantitative estimate of drug-likeness (QED) is 0.722. The zero-order valence-electron chi connectivity index (χ0n) is 13.7. The highest BCUT2D eigenvalue weighted by atomic mass is 16.2. The van der Waals surface area contributed by atoms with Crippen molar-refractivity contribution in [3.05, 3.63) is 36.0 Å². The second-order valence-corrected chi connectivity index (χ2v) is 6.80. The summed E-state index contributed by atoms with van der Waals surface area (Å²) < 4.78 is 0. The van der Waals surface area contributed by atoms with Gasteiger partial charge in [-0.1, -0.05) is 18.2 Å². The number of urea groups is 1. The Balaban J connectivity index is 1.46. The van der Waals surface area contributed by atoms with Gasteiger partial charge in [-0.2, -0.15) is 0 Å². The van der Waals surface area contributed by atoms with E-state index in [9.17, 15) is 9.59 Å². The van der Waals surface area contributed by atoms with E-state index in [1.165, 1.54) is 29.1 Å². The fourth-order valence-electron chi connectivity index (χ4n) is 3.82. The number of nitrogens with one attached hydrogen (secondary N) is 3. The van der Waals surface area contributed by atoms with Crippen LogP contribution in [0.4, 0.5) is 4.79 Å². The van der Waals surface area contributed by atoms with Crippen molar-refractivity contribution in [3.8, 4) is 0 Å². The van der Waals surface area contributed by atoms with Crippen LogP contribution in [0.25, 0.3) is 10.9 Å². The zero-order chi connectivity index (χ0) is 16.5. The van der Waals surface area contributed by atoms with Gasteiger partial charge in [0.2, 0.25) is 0 Å². The summed E-state index contributed by atoms with van der Waals surface area (Å²) in [6.07, 6.45) is 6.07. The molecule has 126 valence electrons. The van der Waals surface area contributed by atoms with Crippen molar-refractivity contribution < 1.29 is 14.5 Å².